The molecule has 0 amide bonds. The second-order valence-electron chi connectivity index (χ2n) is 5.56. The van der Waals surface area contributed by atoms with Crippen LogP contribution in [-0.4, -0.2) is 30.5 Å². The van der Waals surface area contributed by atoms with E-state index in [0.717, 1.165) is 0 Å². The summed E-state index contributed by atoms with van der Waals surface area (Å²) < 4.78 is 16.3. The summed E-state index contributed by atoms with van der Waals surface area (Å²) in [5.74, 6) is 0.573. The van der Waals surface area contributed by atoms with Crippen molar-refractivity contribution in [1.29, 1.82) is 0 Å². The lowest BCUT2D eigenvalue weighted by Crippen LogP contribution is -2.05. The number of carbonyl (C=O) groups is 1. The molecule has 0 radical (unpaired) electrons. The van der Waals surface area contributed by atoms with Gasteiger partial charge in [-0.15, -0.1) is 0 Å². The van der Waals surface area contributed by atoms with Gasteiger partial charge in [0.1, 0.15) is 5.75 Å². The first-order chi connectivity index (χ1) is 11.5. The van der Waals surface area contributed by atoms with Gasteiger partial charge in [-0.1, -0.05) is 6.58 Å². The lowest BCUT2D eigenvalue weighted by atomic mass is 10.1. The number of nitrogens with zero attached hydrogens (tertiary/aromatic N) is 1. The summed E-state index contributed by atoms with van der Waals surface area (Å²) in [5, 5.41) is 11.1. The van der Waals surface area contributed by atoms with Crippen molar-refractivity contribution in [3.63, 3.8) is 0 Å². The molecule has 7 nitrogen and oxygen atoms in total. The monoisotopic (exact) mass is 335 g/mol. The second kappa shape index (κ2) is 8.56. The number of nitro benzene ring substituents is 1. The molecular weight excluding hydrogens is 314 g/mol. The molecule has 0 N–H and O–H groups in total. The average molecular weight is 335 g/mol. The summed E-state index contributed by atoms with van der Waals surface area (Å²) in [7, 11) is 0. The largest absolute Gasteiger partial charge is 0.494 e. The van der Waals surface area contributed by atoms with Gasteiger partial charge in [0.2, 0.25) is 0 Å². The number of ether oxygens (including phenoxy) is 3. The normalized spacial score (nSPS) is 14.5. The molecule has 1 fully saturated rings. The van der Waals surface area contributed by atoms with Crippen LogP contribution in [0.1, 0.15) is 38.0 Å². The molecule has 0 aromatic heterocycles. The van der Waals surface area contributed by atoms with E-state index in [1.807, 2.05) is 0 Å². The Morgan fingerprint density at radius 3 is 2.71 bits per heavy atom. The summed E-state index contributed by atoms with van der Waals surface area (Å²) in [5.41, 5.74) is 0.862. The maximum absolute atomic E-state index is 11.4. The number of nitro groups is 1. The summed E-state index contributed by atoms with van der Waals surface area (Å²) in [6, 6.07) is 4.52. The third-order valence-electron chi connectivity index (χ3n) is 3.61. The van der Waals surface area contributed by atoms with Gasteiger partial charge >= 0.3 is 0 Å². The van der Waals surface area contributed by atoms with Gasteiger partial charge in [0.15, 0.2) is 12.1 Å². The van der Waals surface area contributed by atoms with Crippen molar-refractivity contribution >= 4 is 11.5 Å². The van der Waals surface area contributed by atoms with Crippen LogP contribution < -0.4 is 4.74 Å². The van der Waals surface area contributed by atoms with Crippen LogP contribution in [0.4, 0.5) is 5.69 Å². The topological polar surface area (TPSA) is 87.9 Å². The number of benzene rings is 1. The first-order valence-corrected chi connectivity index (χ1v) is 7.82. The predicted molar refractivity (Wildman–Crippen MR) is 86.9 cm³/mol. The minimum Gasteiger partial charge on any atom is -0.494 e. The number of hydrogen-bond donors (Lipinski definition) is 0. The Morgan fingerprint density at radius 2 is 2.08 bits per heavy atom. The Kier molecular flexibility index (Phi) is 6.45. The zero-order valence-electron chi connectivity index (χ0n) is 13.7. The Labute approximate surface area is 140 Å². The molecule has 1 aliphatic heterocycles. The zero-order chi connectivity index (χ0) is 17.5. The number of rotatable bonds is 9. The molecule has 0 unspecified atom stereocenters. The molecule has 1 aromatic rings. The first kappa shape index (κ1) is 18.1. The highest BCUT2D eigenvalue weighted by Gasteiger charge is 2.27. The minimum absolute atomic E-state index is 0.0543. The van der Waals surface area contributed by atoms with Gasteiger partial charge in [-0.3, -0.25) is 14.9 Å². The maximum atomic E-state index is 11.4. The highest BCUT2D eigenvalue weighted by molar-refractivity contribution is 5.93. The minimum atomic E-state index is -0.734. The Morgan fingerprint density at radius 1 is 1.38 bits per heavy atom. The lowest BCUT2D eigenvalue weighted by molar-refractivity contribution is -0.386. The van der Waals surface area contributed by atoms with Gasteiger partial charge in [0.05, 0.1) is 30.3 Å². The van der Waals surface area contributed by atoms with E-state index in [-0.39, 0.29) is 11.5 Å². The average Bonchev–Trinajstić information content (AvgIpc) is 3.08. The van der Waals surface area contributed by atoms with Gasteiger partial charge in [0.25, 0.3) is 5.69 Å². The number of carbonyl (C=O) groups excluding carboxylic acids is 1. The van der Waals surface area contributed by atoms with Crippen LogP contribution in [0.3, 0.4) is 0 Å². The van der Waals surface area contributed by atoms with Gasteiger partial charge in [0, 0.05) is 12.5 Å². The number of hydrogen-bond acceptors (Lipinski definition) is 6. The van der Waals surface area contributed by atoms with Crippen LogP contribution in [-0.2, 0) is 14.3 Å². The zero-order valence-corrected chi connectivity index (χ0v) is 13.7. The number of allylic oxidation sites excluding steroid dienone is 1. The first-order valence-electron chi connectivity index (χ1n) is 7.82. The number of ketones is 1. The molecule has 1 aromatic carbocycles. The molecule has 130 valence electrons. The Hall–Kier alpha value is -2.25. The summed E-state index contributed by atoms with van der Waals surface area (Å²) in [6.45, 7) is 6.55. The van der Waals surface area contributed by atoms with Crippen molar-refractivity contribution in [2.24, 2.45) is 0 Å². The van der Waals surface area contributed by atoms with E-state index in [1.54, 1.807) is 19.1 Å². The summed E-state index contributed by atoms with van der Waals surface area (Å²) in [4.78, 5) is 22.1. The molecule has 1 aliphatic rings. The maximum Gasteiger partial charge on any atom is 0.277 e. The van der Waals surface area contributed by atoms with Crippen molar-refractivity contribution in [1.82, 2.24) is 0 Å². The van der Waals surface area contributed by atoms with Crippen molar-refractivity contribution in [3.8, 4) is 5.75 Å². The predicted octanol–water partition coefficient (Wildman–Crippen LogP) is 3.33. The molecule has 0 bridgehead atoms. The van der Waals surface area contributed by atoms with Gasteiger partial charge < -0.3 is 14.2 Å². The molecule has 0 atom stereocenters. The molecule has 2 rings (SSSR count). The molecule has 0 aliphatic carbocycles. The fraction of sp³-hybridized carbons (Fsp3) is 0.471. The van der Waals surface area contributed by atoms with E-state index in [0.29, 0.717) is 56.0 Å². The van der Waals surface area contributed by atoms with Crippen LogP contribution in [0.2, 0.25) is 0 Å². The molecule has 1 saturated heterocycles. The van der Waals surface area contributed by atoms with Crippen LogP contribution in [0.15, 0.2) is 30.4 Å². The van der Waals surface area contributed by atoms with Gasteiger partial charge in [-0.2, -0.15) is 0 Å². The van der Waals surface area contributed by atoms with Gasteiger partial charge in [-0.05, 0) is 37.5 Å². The van der Waals surface area contributed by atoms with Crippen molar-refractivity contribution in [3.05, 3.63) is 46.0 Å². The Balaban J connectivity index is 1.91. The van der Waals surface area contributed by atoms with E-state index >= 15 is 0 Å². The third-order valence-corrected chi connectivity index (χ3v) is 3.61. The van der Waals surface area contributed by atoms with Crippen LogP contribution in [0.25, 0.3) is 0 Å². The summed E-state index contributed by atoms with van der Waals surface area (Å²) >= 11 is 0. The summed E-state index contributed by atoms with van der Waals surface area (Å²) in [6.07, 6.45) is 1.14. The molecule has 1 heterocycles. The fourth-order valence-electron chi connectivity index (χ4n) is 2.31. The highest BCUT2D eigenvalue weighted by atomic mass is 16.7. The van der Waals surface area contributed by atoms with E-state index in [2.05, 4.69) is 6.58 Å². The van der Waals surface area contributed by atoms with E-state index in [4.69, 9.17) is 14.2 Å². The smallest absolute Gasteiger partial charge is 0.277 e. The van der Waals surface area contributed by atoms with Crippen molar-refractivity contribution in [2.45, 2.75) is 32.5 Å². The standard InChI is InChI=1S/C17H21NO6/c1-12(2)16(19)5-3-4-8-22-13-6-7-15(18(20)21)14(11-13)17-23-9-10-24-17/h6-7,11,17H,1,3-5,8-10H2,2H3. The molecule has 7 heteroatoms. The number of unbranched alkanes of at least 4 members (excludes halogenated alkanes) is 1. The van der Waals surface area contributed by atoms with Gasteiger partial charge in [-0.25, -0.2) is 0 Å². The highest BCUT2D eigenvalue weighted by Crippen LogP contribution is 2.33. The third kappa shape index (κ3) is 4.87. The lowest BCUT2D eigenvalue weighted by Gasteiger charge is -2.12. The van der Waals surface area contributed by atoms with Crippen molar-refractivity contribution < 1.29 is 23.9 Å². The molecule has 0 spiro atoms. The SMILES string of the molecule is C=C(C)C(=O)CCCCOc1ccc([N+](=O)[O-])c(C2OCCO2)c1. The Bertz CT molecular complexity index is 622. The molecule has 0 saturated carbocycles. The van der Waals surface area contributed by atoms with E-state index in [1.165, 1.54) is 6.07 Å². The quantitative estimate of drug-likeness (QED) is 0.298. The number of Topliss-reactive ketones (excluding diaryl/α,β-unsaturated/α-hetero) is 1. The second-order valence-corrected chi connectivity index (χ2v) is 5.56. The molecule has 24 heavy (non-hydrogen) atoms. The fourth-order valence-corrected chi connectivity index (χ4v) is 2.31. The molecular formula is C17H21NO6. The van der Waals surface area contributed by atoms with E-state index < -0.39 is 11.2 Å². The van der Waals surface area contributed by atoms with Crippen LogP contribution in [0, 0.1) is 10.1 Å². The van der Waals surface area contributed by atoms with E-state index in [9.17, 15) is 14.9 Å². The van der Waals surface area contributed by atoms with Crippen LogP contribution in [0.5, 0.6) is 5.75 Å². The van der Waals surface area contributed by atoms with Crippen LogP contribution >= 0.6 is 0 Å². The van der Waals surface area contributed by atoms with Crippen molar-refractivity contribution in [2.75, 3.05) is 19.8 Å².